The van der Waals surface area contributed by atoms with E-state index in [1.54, 1.807) is 0 Å². The Labute approximate surface area is 107 Å². The zero-order chi connectivity index (χ0) is 12.5. The van der Waals surface area contributed by atoms with E-state index in [9.17, 15) is 0 Å². The van der Waals surface area contributed by atoms with E-state index in [2.05, 4.69) is 25.7 Å². The topological polar surface area (TPSA) is 29.3 Å². The Morgan fingerprint density at radius 2 is 1.82 bits per heavy atom. The van der Waals surface area contributed by atoms with E-state index in [-0.39, 0.29) is 0 Å². The van der Waals surface area contributed by atoms with Crippen LogP contribution in [0.15, 0.2) is 0 Å². The van der Waals surface area contributed by atoms with Crippen LogP contribution in [0.2, 0.25) is 0 Å². The monoisotopic (exact) mass is 238 g/mol. The molecule has 2 fully saturated rings. The number of nitrogens with zero attached hydrogens (tertiary/aromatic N) is 1. The number of piperidine rings is 1. The predicted octanol–water partition coefficient (Wildman–Crippen LogP) is 3.02. The molecule has 2 N–H and O–H groups in total. The van der Waals surface area contributed by atoms with Crippen molar-refractivity contribution in [3.63, 3.8) is 0 Å². The maximum absolute atomic E-state index is 6.18. The molecule has 2 heteroatoms. The minimum atomic E-state index is 0.321. The molecule has 0 aromatic carbocycles. The fourth-order valence-corrected chi connectivity index (χ4v) is 4.02. The van der Waals surface area contributed by atoms with Gasteiger partial charge in [-0.3, -0.25) is 4.90 Å². The lowest BCUT2D eigenvalue weighted by Gasteiger charge is -2.52. The predicted molar refractivity (Wildman–Crippen MR) is 74.0 cm³/mol. The van der Waals surface area contributed by atoms with Crippen LogP contribution in [-0.4, -0.2) is 30.1 Å². The normalized spacial score (nSPS) is 36.0. The van der Waals surface area contributed by atoms with Crippen molar-refractivity contribution < 1.29 is 0 Å². The Balaban J connectivity index is 2.08. The summed E-state index contributed by atoms with van der Waals surface area (Å²) in [6.45, 7) is 10.6. The molecular weight excluding hydrogens is 208 g/mol. The third-order valence-corrected chi connectivity index (χ3v) is 5.14. The van der Waals surface area contributed by atoms with Gasteiger partial charge < -0.3 is 5.73 Å². The van der Waals surface area contributed by atoms with Gasteiger partial charge in [0, 0.05) is 12.1 Å². The fourth-order valence-electron chi connectivity index (χ4n) is 4.02. The van der Waals surface area contributed by atoms with Crippen LogP contribution in [0, 0.1) is 11.3 Å². The number of likely N-dealkylation sites (tertiary alicyclic amines) is 1. The SMILES string of the molecule is CC1CCN(C2(CN)CCCC(C)(C)C2)CC1. The van der Waals surface area contributed by atoms with Gasteiger partial charge in [0.15, 0.2) is 0 Å². The average Bonchev–Trinajstić information content (AvgIpc) is 2.28. The van der Waals surface area contributed by atoms with Crippen molar-refractivity contribution in [3.8, 4) is 0 Å². The Morgan fingerprint density at radius 3 is 2.35 bits per heavy atom. The van der Waals surface area contributed by atoms with Gasteiger partial charge in [-0.2, -0.15) is 0 Å². The summed E-state index contributed by atoms with van der Waals surface area (Å²) in [7, 11) is 0. The zero-order valence-corrected chi connectivity index (χ0v) is 12.0. The van der Waals surface area contributed by atoms with Crippen LogP contribution >= 0.6 is 0 Å². The number of hydrogen-bond acceptors (Lipinski definition) is 2. The third kappa shape index (κ3) is 2.85. The van der Waals surface area contributed by atoms with Crippen LogP contribution in [-0.2, 0) is 0 Å². The summed E-state index contributed by atoms with van der Waals surface area (Å²) in [6, 6.07) is 0. The molecule has 1 saturated carbocycles. The van der Waals surface area contributed by atoms with Gasteiger partial charge in [0.2, 0.25) is 0 Å². The second-order valence-electron chi connectivity index (χ2n) is 7.29. The first-order valence-corrected chi connectivity index (χ1v) is 7.43. The molecule has 2 aliphatic rings. The van der Waals surface area contributed by atoms with Crippen molar-refractivity contribution in [2.24, 2.45) is 17.1 Å². The molecule has 1 heterocycles. The number of nitrogens with two attached hydrogens (primary N) is 1. The van der Waals surface area contributed by atoms with E-state index in [1.807, 2.05) is 0 Å². The minimum absolute atomic E-state index is 0.321. The summed E-state index contributed by atoms with van der Waals surface area (Å²) < 4.78 is 0. The van der Waals surface area contributed by atoms with E-state index in [0.29, 0.717) is 11.0 Å². The van der Waals surface area contributed by atoms with Crippen LogP contribution in [0.3, 0.4) is 0 Å². The summed E-state index contributed by atoms with van der Waals surface area (Å²) in [6.07, 6.45) is 8.08. The number of hydrogen-bond donors (Lipinski definition) is 1. The first-order chi connectivity index (χ1) is 7.97. The van der Waals surface area contributed by atoms with Gasteiger partial charge in [0.25, 0.3) is 0 Å². The molecule has 0 aromatic heterocycles. The summed E-state index contributed by atoms with van der Waals surface area (Å²) in [5, 5.41) is 0. The molecule has 1 aliphatic carbocycles. The summed E-state index contributed by atoms with van der Waals surface area (Å²) in [4.78, 5) is 2.73. The van der Waals surface area contributed by atoms with Crippen LogP contribution in [0.25, 0.3) is 0 Å². The van der Waals surface area contributed by atoms with E-state index in [1.165, 1.54) is 51.6 Å². The Hall–Kier alpha value is -0.0800. The maximum Gasteiger partial charge on any atom is 0.0336 e. The van der Waals surface area contributed by atoms with Crippen LogP contribution in [0.5, 0.6) is 0 Å². The molecular formula is C15H30N2. The zero-order valence-electron chi connectivity index (χ0n) is 12.0. The Morgan fingerprint density at radius 1 is 1.18 bits per heavy atom. The maximum atomic E-state index is 6.18. The first-order valence-electron chi connectivity index (χ1n) is 7.43. The molecule has 1 unspecified atom stereocenters. The fraction of sp³-hybridized carbons (Fsp3) is 1.00. The summed E-state index contributed by atoms with van der Waals surface area (Å²) in [5.41, 5.74) is 6.99. The highest BCUT2D eigenvalue weighted by molar-refractivity contribution is 5.00. The molecule has 0 aromatic rings. The van der Waals surface area contributed by atoms with E-state index < -0.39 is 0 Å². The summed E-state index contributed by atoms with van der Waals surface area (Å²) >= 11 is 0. The largest absolute Gasteiger partial charge is 0.329 e. The second-order valence-corrected chi connectivity index (χ2v) is 7.29. The molecule has 0 amide bonds. The Bertz CT molecular complexity index is 254. The quantitative estimate of drug-likeness (QED) is 0.801. The summed E-state index contributed by atoms with van der Waals surface area (Å²) in [5.74, 6) is 0.915. The lowest BCUT2D eigenvalue weighted by molar-refractivity contribution is -0.00902. The van der Waals surface area contributed by atoms with Gasteiger partial charge in [0.1, 0.15) is 0 Å². The molecule has 1 atom stereocenters. The number of rotatable bonds is 2. The third-order valence-electron chi connectivity index (χ3n) is 5.14. The van der Waals surface area contributed by atoms with Crippen molar-refractivity contribution in [3.05, 3.63) is 0 Å². The molecule has 100 valence electrons. The van der Waals surface area contributed by atoms with Gasteiger partial charge >= 0.3 is 0 Å². The highest BCUT2D eigenvalue weighted by atomic mass is 15.2. The second kappa shape index (κ2) is 4.89. The smallest absolute Gasteiger partial charge is 0.0336 e. The van der Waals surface area contributed by atoms with Gasteiger partial charge in [-0.05, 0) is 56.5 Å². The van der Waals surface area contributed by atoms with Crippen molar-refractivity contribution in [2.45, 2.75) is 64.8 Å². The average molecular weight is 238 g/mol. The van der Waals surface area contributed by atoms with E-state index in [4.69, 9.17) is 5.73 Å². The minimum Gasteiger partial charge on any atom is -0.329 e. The molecule has 1 aliphatic heterocycles. The molecule has 17 heavy (non-hydrogen) atoms. The molecule has 2 nitrogen and oxygen atoms in total. The van der Waals surface area contributed by atoms with E-state index in [0.717, 1.165) is 12.5 Å². The molecule has 0 radical (unpaired) electrons. The van der Waals surface area contributed by atoms with Crippen LogP contribution in [0.1, 0.15) is 59.3 Å². The van der Waals surface area contributed by atoms with Crippen molar-refractivity contribution in [1.82, 2.24) is 4.90 Å². The van der Waals surface area contributed by atoms with Gasteiger partial charge in [-0.1, -0.05) is 27.2 Å². The van der Waals surface area contributed by atoms with Crippen molar-refractivity contribution in [1.29, 1.82) is 0 Å². The van der Waals surface area contributed by atoms with Gasteiger partial charge in [0.05, 0.1) is 0 Å². The van der Waals surface area contributed by atoms with Crippen molar-refractivity contribution in [2.75, 3.05) is 19.6 Å². The van der Waals surface area contributed by atoms with Gasteiger partial charge in [-0.15, -0.1) is 0 Å². The molecule has 0 bridgehead atoms. The van der Waals surface area contributed by atoms with Gasteiger partial charge in [-0.25, -0.2) is 0 Å². The lowest BCUT2D eigenvalue weighted by Crippen LogP contribution is -2.59. The van der Waals surface area contributed by atoms with Crippen LogP contribution in [0.4, 0.5) is 0 Å². The van der Waals surface area contributed by atoms with Crippen LogP contribution < -0.4 is 5.73 Å². The Kier molecular flexibility index (Phi) is 3.84. The standard InChI is InChI=1S/C15H30N2/c1-13-5-9-17(10-6-13)15(12-16)8-4-7-14(2,3)11-15/h13H,4-12,16H2,1-3H3. The van der Waals surface area contributed by atoms with E-state index >= 15 is 0 Å². The molecule has 2 rings (SSSR count). The van der Waals surface area contributed by atoms with Crippen molar-refractivity contribution >= 4 is 0 Å². The lowest BCUT2D eigenvalue weighted by atomic mass is 9.67. The highest BCUT2D eigenvalue weighted by Crippen LogP contribution is 2.44. The first kappa shape index (κ1) is 13.4. The molecule has 1 saturated heterocycles. The highest BCUT2D eigenvalue weighted by Gasteiger charge is 2.43. The molecule has 0 spiro atoms.